The zero-order valence-corrected chi connectivity index (χ0v) is 23.4. The molecular weight excluding hydrogens is 566 g/mol. The van der Waals surface area contributed by atoms with Crippen LogP contribution < -0.4 is 0 Å². The van der Waals surface area contributed by atoms with Crippen LogP contribution in [0.15, 0.2) is 126 Å². The minimum absolute atomic E-state index is 0.688. The van der Waals surface area contributed by atoms with Crippen molar-refractivity contribution < 1.29 is 0 Å². The summed E-state index contributed by atoms with van der Waals surface area (Å²) in [6.45, 7) is 0. The molecule has 0 saturated heterocycles. The van der Waals surface area contributed by atoms with E-state index in [4.69, 9.17) is 24.4 Å². The number of fused-ring (bicyclic) bond motifs is 8. The van der Waals surface area contributed by atoms with Crippen LogP contribution >= 0.6 is 40.4 Å². The van der Waals surface area contributed by atoms with Gasteiger partial charge in [0, 0.05) is 26.3 Å². The van der Waals surface area contributed by atoms with E-state index < -0.39 is 0 Å². The van der Waals surface area contributed by atoms with Crippen LogP contribution in [0.3, 0.4) is 0 Å². The molecule has 4 heteroatoms. The SMILES string of the molecule is S=C(C(=S)c1ccc(-n2c3ccccc3c3c4ccccc4c4ccccc4c32)cc1)c1ccc(Br)cc1. The van der Waals surface area contributed by atoms with E-state index in [0.717, 1.165) is 21.3 Å². The van der Waals surface area contributed by atoms with E-state index in [-0.39, 0.29) is 0 Å². The maximum Gasteiger partial charge on any atom is 0.0636 e. The molecular formula is C34H20BrNS2. The van der Waals surface area contributed by atoms with E-state index in [1.54, 1.807) is 0 Å². The van der Waals surface area contributed by atoms with Gasteiger partial charge in [-0.1, -0.05) is 131 Å². The van der Waals surface area contributed by atoms with Gasteiger partial charge < -0.3 is 4.57 Å². The molecule has 0 unspecified atom stereocenters. The standard InChI is InChI=1S/C34H20BrNS2/c35-23-17-13-21(14-18-23)33(37)34(38)22-15-19-24(20-16-22)36-30-12-6-5-11-29(30)31-27-9-3-1-7-25(27)26-8-2-4-10-28(26)32(31)36/h1-20H. The van der Waals surface area contributed by atoms with Crippen molar-refractivity contribution >= 4 is 93.4 Å². The molecule has 1 nitrogen and oxygen atoms in total. The van der Waals surface area contributed by atoms with Gasteiger partial charge in [-0.3, -0.25) is 0 Å². The summed E-state index contributed by atoms with van der Waals surface area (Å²) < 4.78 is 3.41. The molecule has 0 fully saturated rings. The second-order valence-corrected chi connectivity index (χ2v) is 11.1. The monoisotopic (exact) mass is 585 g/mol. The third kappa shape index (κ3) is 3.64. The van der Waals surface area contributed by atoms with Gasteiger partial charge in [-0.05, 0) is 57.6 Å². The van der Waals surface area contributed by atoms with Gasteiger partial charge in [0.15, 0.2) is 0 Å². The first-order valence-electron chi connectivity index (χ1n) is 12.4. The molecule has 0 saturated carbocycles. The first-order valence-corrected chi connectivity index (χ1v) is 14.0. The molecule has 7 rings (SSSR count). The van der Waals surface area contributed by atoms with Gasteiger partial charge in [0.05, 0.1) is 20.8 Å². The minimum Gasteiger partial charge on any atom is -0.309 e. The number of para-hydroxylation sites is 1. The minimum atomic E-state index is 0.688. The molecule has 0 spiro atoms. The number of halogens is 1. The molecule has 0 bridgehead atoms. The van der Waals surface area contributed by atoms with Crippen LogP contribution in [0.2, 0.25) is 0 Å². The molecule has 7 aromatic rings. The van der Waals surface area contributed by atoms with Crippen molar-refractivity contribution in [1.82, 2.24) is 4.57 Å². The van der Waals surface area contributed by atoms with Gasteiger partial charge in [-0.2, -0.15) is 0 Å². The van der Waals surface area contributed by atoms with E-state index in [9.17, 15) is 0 Å². The summed E-state index contributed by atoms with van der Waals surface area (Å²) in [7, 11) is 0. The molecule has 0 aliphatic carbocycles. The maximum atomic E-state index is 5.81. The van der Waals surface area contributed by atoms with E-state index in [2.05, 4.69) is 118 Å². The Morgan fingerprint density at radius 1 is 0.500 bits per heavy atom. The Morgan fingerprint density at radius 3 is 1.61 bits per heavy atom. The first kappa shape index (κ1) is 23.4. The van der Waals surface area contributed by atoms with E-state index in [0.29, 0.717) is 9.73 Å². The highest BCUT2D eigenvalue weighted by Gasteiger charge is 2.19. The lowest BCUT2D eigenvalue weighted by atomic mass is 9.97. The largest absolute Gasteiger partial charge is 0.309 e. The fraction of sp³-hybridized carbons (Fsp3) is 0. The van der Waals surface area contributed by atoms with Gasteiger partial charge in [0.1, 0.15) is 0 Å². The molecule has 0 aliphatic heterocycles. The van der Waals surface area contributed by atoms with Crippen LogP contribution in [0.5, 0.6) is 0 Å². The quantitative estimate of drug-likeness (QED) is 0.115. The van der Waals surface area contributed by atoms with E-state index >= 15 is 0 Å². The van der Waals surface area contributed by atoms with Crippen LogP contribution in [0, 0.1) is 0 Å². The van der Waals surface area contributed by atoms with Gasteiger partial charge in [-0.25, -0.2) is 0 Å². The van der Waals surface area contributed by atoms with Crippen molar-refractivity contribution in [3.05, 3.63) is 137 Å². The molecule has 38 heavy (non-hydrogen) atoms. The third-order valence-electron chi connectivity index (χ3n) is 7.24. The highest BCUT2D eigenvalue weighted by atomic mass is 79.9. The Kier molecular flexibility index (Phi) is 5.70. The van der Waals surface area contributed by atoms with Gasteiger partial charge in [0.25, 0.3) is 0 Å². The van der Waals surface area contributed by atoms with Crippen molar-refractivity contribution in [2.75, 3.05) is 0 Å². The Morgan fingerprint density at radius 2 is 0.974 bits per heavy atom. The summed E-state index contributed by atoms with van der Waals surface area (Å²) >= 11 is 15.0. The van der Waals surface area contributed by atoms with E-state index in [1.807, 2.05) is 24.3 Å². The smallest absolute Gasteiger partial charge is 0.0636 e. The van der Waals surface area contributed by atoms with Crippen molar-refractivity contribution in [1.29, 1.82) is 0 Å². The summed E-state index contributed by atoms with van der Waals surface area (Å²) in [5, 5.41) is 7.59. The van der Waals surface area contributed by atoms with Crippen LogP contribution in [0.25, 0.3) is 49.0 Å². The van der Waals surface area contributed by atoms with Crippen LogP contribution in [-0.4, -0.2) is 14.3 Å². The molecule has 6 aromatic carbocycles. The van der Waals surface area contributed by atoms with Crippen LogP contribution in [0.1, 0.15) is 11.1 Å². The van der Waals surface area contributed by atoms with E-state index in [1.165, 1.54) is 43.4 Å². The third-order valence-corrected chi connectivity index (χ3v) is 8.78. The maximum absolute atomic E-state index is 5.81. The lowest BCUT2D eigenvalue weighted by Gasteiger charge is -2.13. The number of hydrogen-bond acceptors (Lipinski definition) is 2. The lowest BCUT2D eigenvalue weighted by molar-refractivity contribution is 1.19. The van der Waals surface area contributed by atoms with Crippen molar-refractivity contribution in [3.8, 4) is 5.69 Å². The van der Waals surface area contributed by atoms with Crippen molar-refractivity contribution in [2.45, 2.75) is 0 Å². The summed E-state index contributed by atoms with van der Waals surface area (Å²) in [6, 6.07) is 42.6. The highest BCUT2D eigenvalue weighted by molar-refractivity contribution is 9.10. The molecule has 1 heterocycles. The summed E-state index contributed by atoms with van der Waals surface area (Å²) in [4.78, 5) is 1.38. The summed E-state index contributed by atoms with van der Waals surface area (Å²) in [5.74, 6) is 0. The van der Waals surface area contributed by atoms with Crippen LogP contribution in [-0.2, 0) is 0 Å². The Hall–Kier alpha value is -3.70. The fourth-order valence-electron chi connectivity index (χ4n) is 5.52. The number of nitrogens with zero attached hydrogens (tertiary/aromatic N) is 1. The molecule has 0 amide bonds. The molecule has 0 N–H and O–H groups in total. The second-order valence-electron chi connectivity index (χ2n) is 9.38. The number of thiocarbonyl (C=S) groups is 2. The fourth-order valence-corrected chi connectivity index (χ4v) is 6.29. The Balaban J connectivity index is 1.45. The molecule has 0 radical (unpaired) electrons. The number of aromatic nitrogens is 1. The van der Waals surface area contributed by atoms with Gasteiger partial charge in [-0.15, -0.1) is 0 Å². The second kappa shape index (κ2) is 9.25. The summed E-state index contributed by atoms with van der Waals surface area (Å²) in [6.07, 6.45) is 0. The molecule has 180 valence electrons. The number of rotatable bonds is 4. The molecule has 1 aromatic heterocycles. The van der Waals surface area contributed by atoms with Crippen LogP contribution in [0.4, 0.5) is 0 Å². The predicted octanol–water partition coefficient (Wildman–Crippen LogP) is 9.99. The average molecular weight is 587 g/mol. The Bertz CT molecular complexity index is 2050. The lowest BCUT2D eigenvalue weighted by Crippen LogP contribution is -2.12. The first-order chi connectivity index (χ1) is 18.6. The number of benzene rings is 6. The van der Waals surface area contributed by atoms with Crippen molar-refractivity contribution in [3.63, 3.8) is 0 Å². The van der Waals surface area contributed by atoms with Crippen molar-refractivity contribution in [2.24, 2.45) is 0 Å². The number of hydrogen-bond donors (Lipinski definition) is 0. The predicted molar refractivity (Wildman–Crippen MR) is 173 cm³/mol. The molecule has 0 atom stereocenters. The van der Waals surface area contributed by atoms with Gasteiger partial charge >= 0.3 is 0 Å². The van der Waals surface area contributed by atoms with Gasteiger partial charge in [0.2, 0.25) is 0 Å². The molecule has 0 aliphatic rings. The zero-order chi connectivity index (χ0) is 25.8. The highest BCUT2D eigenvalue weighted by Crippen LogP contribution is 2.42. The Labute approximate surface area is 239 Å². The normalized spacial score (nSPS) is 11.5. The zero-order valence-electron chi connectivity index (χ0n) is 20.2. The topological polar surface area (TPSA) is 4.93 Å². The average Bonchev–Trinajstić information content (AvgIpc) is 3.33. The summed E-state index contributed by atoms with van der Waals surface area (Å²) in [5.41, 5.74) is 5.41.